The van der Waals surface area contributed by atoms with E-state index in [4.69, 9.17) is 9.47 Å². The molecule has 0 bridgehead atoms. The lowest BCUT2D eigenvalue weighted by molar-refractivity contribution is -0.384. The number of nitro groups is 1. The van der Waals surface area contributed by atoms with Crippen LogP contribution in [0.3, 0.4) is 0 Å². The van der Waals surface area contributed by atoms with E-state index >= 15 is 0 Å². The zero-order valence-corrected chi connectivity index (χ0v) is 16.4. The molecular formula is C19H20N2O9. The highest BCUT2D eigenvalue weighted by Gasteiger charge is 2.42. The molecule has 1 aliphatic heterocycles. The maximum absolute atomic E-state index is 12.7. The van der Waals surface area contributed by atoms with Gasteiger partial charge in [-0.3, -0.25) is 14.9 Å². The van der Waals surface area contributed by atoms with Crippen LogP contribution in [0.25, 0.3) is 0 Å². The number of hydrogen-bond donors (Lipinski definition) is 2. The minimum atomic E-state index is -1.28. The Morgan fingerprint density at radius 1 is 1.17 bits per heavy atom. The van der Waals surface area contributed by atoms with E-state index in [0.29, 0.717) is 0 Å². The number of carboxylic acid groups (broad SMARTS) is 1. The lowest BCUT2D eigenvalue weighted by atomic mass is 9.79. The fraction of sp³-hybridized carbons (Fsp3) is 0.316. The first-order valence-corrected chi connectivity index (χ1v) is 8.62. The van der Waals surface area contributed by atoms with Crippen LogP contribution in [0.1, 0.15) is 18.4 Å². The summed E-state index contributed by atoms with van der Waals surface area (Å²) in [5.74, 6) is -4.25. The molecule has 2 N–H and O–H groups in total. The summed E-state index contributed by atoms with van der Waals surface area (Å²) in [6.07, 6.45) is 0. The monoisotopic (exact) mass is 420 g/mol. The molecule has 1 aliphatic rings. The Morgan fingerprint density at radius 3 is 2.27 bits per heavy atom. The molecule has 0 aromatic heterocycles. The average molecular weight is 420 g/mol. The maximum Gasteiger partial charge on any atom is 0.336 e. The van der Waals surface area contributed by atoms with Crippen LogP contribution in [0.4, 0.5) is 5.69 Å². The number of carboxylic acids is 1. The summed E-state index contributed by atoms with van der Waals surface area (Å²) in [4.78, 5) is 48.4. The number of aliphatic hydroxyl groups is 1. The van der Waals surface area contributed by atoms with Gasteiger partial charge in [0, 0.05) is 17.8 Å². The van der Waals surface area contributed by atoms with Crippen LogP contribution in [0, 0.1) is 10.1 Å². The number of allylic oxidation sites excluding steroid dienone is 1. The van der Waals surface area contributed by atoms with Crippen LogP contribution in [-0.4, -0.2) is 65.3 Å². The van der Waals surface area contributed by atoms with Crippen LogP contribution in [-0.2, 0) is 23.9 Å². The molecule has 0 spiro atoms. The van der Waals surface area contributed by atoms with Gasteiger partial charge in [-0.05, 0) is 12.5 Å². The largest absolute Gasteiger partial charge is 0.480 e. The van der Waals surface area contributed by atoms with Crippen molar-refractivity contribution >= 4 is 23.6 Å². The van der Waals surface area contributed by atoms with E-state index in [-0.39, 0.29) is 33.8 Å². The molecule has 2 rings (SSSR count). The molecule has 1 aromatic rings. The summed E-state index contributed by atoms with van der Waals surface area (Å²) in [6.45, 7) is 0.0442. The molecule has 0 fully saturated rings. The molecule has 0 radical (unpaired) electrons. The van der Waals surface area contributed by atoms with Gasteiger partial charge in [0.1, 0.15) is 6.54 Å². The van der Waals surface area contributed by atoms with Crippen molar-refractivity contribution in [2.24, 2.45) is 0 Å². The van der Waals surface area contributed by atoms with Crippen molar-refractivity contribution < 1.29 is 39.0 Å². The normalized spacial score (nSPS) is 16.4. The highest BCUT2D eigenvalue weighted by molar-refractivity contribution is 6.00. The molecule has 0 saturated heterocycles. The van der Waals surface area contributed by atoms with Crippen molar-refractivity contribution in [3.8, 4) is 0 Å². The van der Waals surface area contributed by atoms with Gasteiger partial charge < -0.3 is 24.6 Å². The lowest BCUT2D eigenvalue weighted by Crippen LogP contribution is -2.39. The van der Waals surface area contributed by atoms with E-state index in [1.165, 1.54) is 31.2 Å². The number of carbonyl (C=O) groups is 3. The number of benzene rings is 1. The maximum atomic E-state index is 12.7. The molecule has 1 unspecified atom stereocenters. The fourth-order valence-electron chi connectivity index (χ4n) is 3.41. The van der Waals surface area contributed by atoms with Crippen molar-refractivity contribution in [3.05, 3.63) is 62.5 Å². The number of hydrogen-bond acceptors (Lipinski definition) is 9. The van der Waals surface area contributed by atoms with Gasteiger partial charge in [-0.2, -0.15) is 0 Å². The zero-order chi connectivity index (χ0) is 22.6. The van der Waals surface area contributed by atoms with Crippen LogP contribution in [0.15, 0.2) is 46.8 Å². The second kappa shape index (κ2) is 9.18. The molecule has 0 amide bonds. The van der Waals surface area contributed by atoms with Crippen LogP contribution < -0.4 is 0 Å². The van der Waals surface area contributed by atoms with Crippen LogP contribution >= 0.6 is 0 Å². The molecule has 1 heterocycles. The summed E-state index contributed by atoms with van der Waals surface area (Å²) in [6, 6.07) is 5.28. The smallest absolute Gasteiger partial charge is 0.336 e. The number of carbonyl (C=O) groups excluding carboxylic acids is 2. The SMILES string of the molecule is COC(=O)C1=C(C)N(CC(=O)O)C(CO)=C(C(=O)OC)C1c1cccc([N+](=O)[O-])c1. The molecular weight excluding hydrogens is 400 g/mol. The number of rotatable bonds is 7. The Morgan fingerprint density at radius 2 is 1.77 bits per heavy atom. The van der Waals surface area contributed by atoms with E-state index in [1.807, 2.05) is 0 Å². The third-order valence-corrected chi connectivity index (χ3v) is 4.68. The summed E-state index contributed by atoms with van der Waals surface area (Å²) in [7, 11) is 2.19. The Kier molecular flexibility index (Phi) is 6.90. The van der Waals surface area contributed by atoms with E-state index in [9.17, 15) is 34.7 Å². The molecule has 1 aromatic carbocycles. The summed E-state index contributed by atoms with van der Waals surface area (Å²) in [5, 5.41) is 30.4. The van der Waals surface area contributed by atoms with Gasteiger partial charge >= 0.3 is 17.9 Å². The van der Waals surface area contributed by atoms with E-state index in [1.54, 1.807) is 0 Å². The van der Waals surface area contributed by atoms with Gasteiger partial charge in [-0.1, -0.05) is 12.1 Å². The number of methoxy groups -OCH3 is 2. The second-order valence-electron chi connectivity index (χ2n) is 6.27. The third kappa shape index (κ3) is 4.15. The molecule has 11 heteroatoms. The molecule has 160 valence electrons. The molecule has 1 atom stereocenters. The Balaban J connectivity index is 2.89. The van der Waals surface area contributed by atoms with E-state index in [2.05, 4.69) is 0 Å². The fourth-order valence-corrected chi connectivity index (χ4v) is 3.41. The number of esters is 2. The second-order valence-corrected chi connectivity index (χ2v) is 6.27. The number of nitrogens with zero attached hydrogens (tertiary/aromatic N) is 2. The summed E-state index contributed by atoms with van der Waals surface area (Å²) in [5.41, 5.74) is -0.365. The third-order valence-electron chi connectivity index (χ3n) is 4.68. The topological polar surface area (TPSA) is 157 Å². The Bertz CT molecular complexity index is 965. The van der Waals surface area contributed by atoms with E-state index < -0.39 is 41.9 Å². The zero-order valence-electron chi connectivity index (χ0n) is 16.4. The van der Waals surface area contributed by atoms with Gasteiger partial charge in [0.2, 0.25) is 0 Å². The van der Waals surface area contributed by atoms with Crippen molar-refractivity contribution in [2.45, 2.75) is 12.8 Å². The lowest BCUT2D eigenvalue weighted by Gasteiger charge is -2.37. The number of aliphatic carboxylic acids is 1. The first kappa shape index (κ1) is 22.6. The van der Waals surface area contributed by atoms with Crippen molar-refractivity contribution in [3.63, 3.8) is 0 Å². The van der Waals surface area contributed by atoms with Gasteiger partial charge in [0.15, 0.2) is 0 Å². The quantitative estimate of drug-likeness (QED) is 0.370. The van der Waals surface area contributed by atoms with Crippen LogP contribution in [0.5, 0.6) is 0 Å². The first-order chi connectivity index (χ1) is 14.2. The Labute approximate surface area is 171 Å². The van der Waals surface area contributed by atoms with Gasteiger partial charge in [-0.25, -0.2) is 9.59 Å². The van der Waals surface area contributed by atoms with Crippen molar-refractivity contribution in [2.75, 3.05) is 27.4 Å². The summed E-state index contributed by atoms with van der Waals surface area (Å²) >= 11 is 0. The number of nitro benzene ring substituents is 1. The molecule has 30 heavy (non-hydrogen) atoms. The minimum absolute atomic E-state index is 0.0918. The van der Waals surface area contributed by atoms with Gasteiger partial charge in [0.25, 0.3) is 5.69 Å². The first-order valence-electron chi connectivity index (χ1n) is 8.62. The van der Waals surface area contributed by atoms with Crippen LogP contribution in [0.2, 0.25) is 0 Å². The number of non-ortho nitro benzene ring substituents is 1. The summed E-state index contributed by atoms with van der Waals surface area (Å²) < 4.78 is 9.64. The predicted octanol–water partition coefficient (Wildman–Crippen LogP) is 0.945. The van der Waals surface area contributed by atoms with Gasteiger partial charge in [-0.15, -0.1) is 0 Å². The van der Waals surface area contributed by atoms with Gasteiger partial charge in [0.05, 0.1) is 48.5 Å². The van der Waals surface area contributed by atoms with Crippen molar-refractivity contribution in [1.82, 2.24) is 4.90 Å². The predicted molar refractivity (Wildman–Crippen MR) is 101 cm³/mol. The Hall–Kier alpha value is -3.73. The standard InChI is InChI=1S/C19H20N2O9/c1-10-15(18(25)29-2)16(11-5-4-6-12(7-11)21(27)28)17(19(26)30-3)13(9-22)20(10)8-14(23)24/h4-7,16,22H,8-9H2,1-3H3,(H,23,24). The highest BCUT2D eigenvalue weighted by Crippen LogP contribution is 2.43. The molecule has 0 aliphatic carbocycles. The number of aliphatic hydroxyl groups excluding tert-OH is 1. The molecule has 0 saturated carbocycles. The molecule has 11 nitrogen and oxygen atoms in total. The number of ether oxygens (including phenoxy) is 2. The minimum Gasteiger partial charge on any atom is -0.480 e. The van der Waals surface area contributed by atoms with E-state index in [0.717, 1.165) is 19.1 Å². The highest BCUT2D eigenvalue weighted by atomic mass is 16.6. The average Bonchev–Trinajstić information content (AvgIpc) is 2.73. The van der Waals surface area contributed by atoms with Crippen molar-refractivity contribution in [1.29, 1.82) is 0 Å².